The highest BCUT2D eigenvalue weighted by Gasteiger charge is 2.41. The largest absolute Gasteiger partial charge is 0.374 e. The smallest absolute Gasteiger partial charge is 0.0821 e. The van der Waals surface area contributed by atoms with Crippen LogP contribution in [0.3, 0.4) is 0 Å². The van der Waals surface area contributed by atoms with Gasteiger partial charge in [0, 0.05) is 25.7 Å². The van der Waals surface area contributed by atoms with E-state index in [1.165, 1.54) is 32.4 Å². The SMILES string of the molecule is CC(C)N1CC[C@]2(CCCO2)C1. The van der Waals surface area contributed by atoms with Crippen LogP contribution in [0.4, 0.5) is 0 Å². The summed E-state index contributed by atoms with van der Waals surface area (Å²) in [6, 6.07) is 0.688. The lowest BCUT2D eigenvalue weighted by molar-refractivity contribution is 0.0104. The van der Waals surface area contributed by atoms with Gasteiger partial charge in [0.25, 0.3) is 0 Å². The third-order valence-electron chi connectivity index (χ3n) is 3.26. The fourth-order valence-electron chi connectivity index (χ4n) is 2.39. The summed E-state index contributed by atoms with van der Waals surface area (Å²) in [6.07, 6.45) is 3.81. The second-order valence-electron chi connectivity index (χ2n) is 4.45. The quantitative estimate of drug-likeness (QED) is 0.592. The normalized spacial score (nSPS) is 37.2. The zero-order chi connectivity index (χ0) is 8.60. The van der Waals surface area contributed by atoms with Gasteiger partial charge < -0.3 is 4.74 Å². The maximum absolute atomic E-state index is 5.84. The first kappa shape index (κ1) is 8.52. The van der Waals surface area contributed by atoms with Crippen LogP contribution >= 0.6 is 0 Å². The molecule has 0 aromatic heterocycles. The van der Waals surface area contributed by atoms with Crippen LogP contribution in [0.1, 0.15) is 33.1 Å². The van der Waals surface area contributed by atoms with Crippen molar-refractivity contribution >= 4 is 0 Å². The van der Waals surface area contributed by atoms with E-state index in [0.29, 0.717) is 6.04 Å². The number of hydrogen-bond acceptors (Lipinski definition) is 2. The molecule has 2 fully saturated rings. The standard InChI is InChI=1S/C10H19NO/c1-9(2)11-6-5-10(8-11)4-3-7-12-10/h9H,3-8H2,1-2H3/t10-/m1/s1. The Morgan fingerprint density at radius 2 is 2.17 bits per heavy atom. The van der Waals surface area contributed by atoms with Gasteiger partial charge in [-0.1, -0.05) is 0 Å². The Morgan fingerprint density at radius 3 is 2.67 bits per heavy atom. The average Bonchev–Trinajstić information content (AvgIpc) is 2.62. The van der Waals surface area contributed by atoms with Gasteiger partial charge in [0.05, 0.1) is 5.60 Å². The van der Waals surface area contributed by atoms with E-state index < -0.39 is 0 Å². The molecule has 0 aliphatic carbocycles. The molecule has 2 saturated heterocycles. The van der Waals surface area contributed by atoms with Crippen molar-refractivity contribution < 1.29 is 4.74 Å². The predicted octanol–water partition coefficient (Wildman–Crippen LogP) is 1.65. The van der Waals surface area contributed by atoms with Gasteiger partial charge >= 0.3 is 0 Å². The first-order valence-corrected chi connectivity index (χ1v) is 5.10. The summed E-state index contributed by atoms with van der Waals surface area (Å²) >= 11 is 0. The van der Waals surface area contributed by atoms with Crippen molar-refractivity contribution in [2.75, 3.05) is 19.7 Å². The molecule has 1 spiro atoms. The molecule has 0 bridgehead atoms. The van der Waals surface area contributed by atoms with Crippen molar-refractivity contribution in [2.45, 2.75) is 44.8 Å². The molecule has 0 amide bonds. The summed E-state index contributed by atoms with van der Waals surface area (Å²) in [5.41, 5.74) is 0.268. The molecule has 12 heavy (non-hydrogen) atoms. The van der Waals surface area contributed by atoms with Gasteiger partial charge in [-0.15, -0.1) is 0 Å². The Bertz CT molecular complexity index is 161. The van der Waals surface area contributed by atoms with Crippen LogP contribution in [0.25, 0.3) is 0 Å². The van der Waals surface area contributed by atoms with E-state index in [1.54, 1.807) is 0 Å². The van der Waals surface area contributed by atoms with Crippen LogP contribution in [0.15, 0.2) is 0 Å². The minimum atomic E-state index is 0.268. The Kier molecular flexibility index (Phi) is 2.13. The molecule has 0 N–H and O–H groups in total. The van der Waals surface area contributed by atoms with Crippen molar-refractivity contribution in [1.82, 2.24) is 4.90 Å². The van der Waals surface area contributed by atoms with Gasteiger partial charge in [0.2, 0.25) is 0 Å². The minimum Gasteiger partial charge on any atom is -0.374 e. The molecule has 2 nitrogen and oxygen atoms in total. The van der Waals surface area contributed by atoms with E-state index in [4.69, 9.17) is 4.74 Å². The minimum absolute atomic E-state index is 0.268. The first-order chi connectivity index (χ1) is 5.72. The Balaban J connectivity index is 1.96. The molecule has 2 heterocycles. The fourth-order valence-corrected chi connectivity index (χ4v) is 2.39. The molecular weight excluding hydrogens is 150 g/mol. The molecule has 70 valence electrons. The van der Waals surface area contributed by atoms with Gasteiger partial charge in [0.15, 0.2) is 0 Å². The van der Waals surface area contributed by atoms with Crippen LogP contribution in [-0.2, 0) is 4.74 Å². The molecule has 2 aliphatic heterocycles. The zero-order valence-electron chi connectivity index (χ0n) is 8.18. The van der Waals surface area contributed by atoms with E-state index in [-0.39, 0.29) is 5.60 Å². The van der Waals surface area contributed by atoms with E-state index in [0.717, 1.165) is 6.61 Å². The second kappa shape index (κ2) is 3.00. The van der Waals surface area contributed by atoms with Crippen molar-refractivity contribution in [3.05, 3.63) is 0 Å². The molecule has 1 atom stereocenters. The third-order valence-corrected chi connectivity index (χ3v) is 3.26. The van der Waals surface area contributed by atoms with E-state index >= 15 is 0 Å². The number of rotatable bonds is 1. The molecular formula is C10H19NO. The van der Waals surface area contributed by atoms with Crippen LogP contribution < -0.4 is 0 Å². The Morgan fingerprint density at radius 1 is 1.33 bits per heavy atom. The number of ether oxygens (including phenoxy) is 1. The predicted molar refractivity (Wildman–Crippen MR) is 49.2 cm³/mol. The molecule has 2 heteroatoms. The molecule has 0 saturated carbocycles. The van der Waals surface area contributed by atoms with Gasteiger partial charge in [-0.2, -0.15) is 0 Å². The van der Waals surface area contributed by atoms with E-state index in [2.05, 4.69) is 18.7 Å². The highest BCUT2D eigenvalue weighted by molar-refractivity contribution is 4.95. The molecule has 0 unspecified atom stereocenters. The van der Waals surface area contributed by atoms with Crippen molar-refractivity contribution in [2.24, 2.45) is 0 Å². The number of likely N-dealkylation sites (tertiary alicyclic amines) is 1. The molecule has 0 aromatic carbocycles. The van der Waals surface area contributed by atoms with Crippen LogP contribution in [0.5, 0.6) is 0 Å². The lowest BCUT2D eigenvalue weighted by atomic mass is 10.00. The maximum Gasteiger partial charge on any atom is 0.0821 e. The summed E-state index contributed by atoms with van der Waals surface area (Å²) < 4.78 is 5.84. The Labute approximate surface area is 74.9 Å². The topological polar surface area (TPSA) is 12.5 Å². The summed E-state index contributed by atoms with van der Waals surface area (Å²) in [5, 5.41) is 0. The van der Waals surface area contributed by atoms with E-state index in [9.17, 15) is 0 Å². The zero-order valence-corrected chi connectivity index (χ0v) is 8.18. The van der Waals surface area contributed by atoms with Gasteiger partial charge in [-0.3, -0.25) is 4.90 Å². The summed E-state index contributed by atoms with van der Waals surface area (Å²) in [7, 11) is 0. The lowest BCUT2D eigenvalue weighted by Gasteiger charge is -2.25. The fraction of sp³-hybridized carbons (Fsp3) is 1.00. The summed E-state index contributed by atoms with van der Waals surface area (Å²) in [6.45, 7) is 7.94. The molecule has 0 radical (unpaired) electrons. The van der Waals surface area contributed by atoms with Gasteiger partial charge in [-0.25, -0.2) is 0 Å². The van der Waals surface area contributed by atoms with Crippen LogP contribution in [0.2, 0.25) is 0 Å². The van der Waals surface area contributed by atoms with Crippen molar-refractivity contribution in [3.63, 3.8) is 0 Å². The lowest BCUT2D eigenvalue weighted by Crippen LogP contribution is -2.35. The Hall–Kier alpha value is -0.0800. The average molecular weight is 169 g/mol. The molecule has 2 aliphatic rings. The third kappa shape index (κ3) is 1.38. The molecule has 0 aromatic rings. The highest BCUT2D eigenvalue weighted by atomic mass is 16.5. The van der Waals surface area contributed by atoms with Crippen LogP contribution in [-0.4, -0.2) is 36.2 Å². The maximum atomic E-state index is 5.84. The highest BCUT2D eigenvalue weighted by Crippen LogP contribution is 2.35. The summed E-state index contributed by atoms with van der Waals surface area (Å²) in [4.78, 5) is 2.53. The summed E-state index contributed by atoms with van der Waals surface area (Å²) in [5.74, 6) is 0. The van der Waals surface area contributed by atoms with Crippen molar-refractivity contribution in [3.8, 4) is 0 Å². The number of nitrogens with zero attached hydrogens (tertiary/aromatic N) is 1. The molecule has 2 rings (SSSR count). The van der Waals surface area contributed by atoms with Gasteiger partial charge in [-0.05, 0) is 33.1 Å². The monoisotopic (exact) mass is 169 g/mol. The van der Waals surface area contributed by atoms with Gasteiger partial charge in [0.1, 0.15) is 0 Å². The van der Waals surface area contributed by atoms with Crippen molar-refractivity contribution in [1.29, 1.82) is 0 Å². The number of hydrogen-bond donors (Lipinski definition) is 0. The van der Waals surface area contributed by atoms with E-state index in [1.807, 2.05) is 0 Å². The second-order valence-corrected chi connectivity index (χ2v) is 4.45. The first-order valence-electron chi connectivity index (χ1n) is 5.10. The van der Waals surface area contributed by atoms with Crippen LogP contribution in [0, 0.1) is 0 Å².